The maximum absolute atomic E-state index is 5.57. The minimum atomic E-state index is 0.471. The van der Waals surface area contributed by atoms with Crippen molar-refractivity contribution in [3.8, 4) is 0 Å². The van der Waals surface area contributed by atoms with E-state index < -0.39 is 0 Å². The normalized spacial score (nSPS) is 10.0. The standard InChI is InChI=1S/C7H13N5S/c1-13-7-11-5(9)4-6(12-7)10-3-2-8/h4H,2-3,8H2,1H3,(H3,9,10,11,12). The van der Waals surface area contributed by atoms with Crippen LogP contribution in [0, 0.1) is 0 Å². The molecule has 0 saturated heterocycles. The molecular formula is C7H13N5S. The third kappa shape index (κ3) is 3.08. The molecule has 0 aliphatic heterocycles. The molecule has 0 spiro atoms. The Labute approximate surface area is 81.3 Å². The van der Waals surface area contributed by atoms with Crippen molar-refractivity contribution in [2.75, 3.05) is 30.4 Å². The fourth-order valence-electron chi connectivity index (χ4n) is 0.825. The van der Waals surface area contributed by atoms with Crippen LogP contribution in [0.5, 0.6) is 0 Å². The van der Waals surface area contributed by atoms with E-state index in [0.717, 1.165) is 5.82 Å². The van der Waals surface area contributed by atoms with Crippen molar-refractivity contribution in [3.05, 3.63) is 6.07 Å². The highest BCUT2D eigenvalue weighted by Gasteiger charge is 1.99. The molecule has 0 radical (unpaired) electrons. The first kappa shape index (κ1) is 10.1. The van der Waals surface area contributed by atoms with Crippen LogP contribution in [0.4, 0.5) is 11.6 Å². The van der Waals surface area contributed by atoms with Gasteiger partial charge in [0.2, 0.25) is 0 Å². The molecule has 0 fully saturated rings. The van der Waals surface area contributed by atoms with Crippen LogP contribution in [-0.4, -0.2) is 29.3 Å². The number of hydrogen-bond acceptors (Lipinski definition) is 6. The predicted octanol–water partition coefficient (Wildman–Crippen LogP) is 0.151. The van der Waals surface area contributed by atoms with Gasteiger partial charge in [-0.2, -0.15) is 0 Å². The molecule has 1 aromatic heterocycles. The molecule has 1 rings (SSSR count). The molecule has 72 valence electrons. The van der Waals surface area contributed by atoms with Gasteiger partial charge in [-0.1, -0.05) is 11.8 Å². The number of hydrogen-bond donors (Lipinski definition) is 3. The Morgan fingerprint density at radius 1 is 1.54 bits per heavy atom. The quantitative estimate of drug-likeness (QED) is 0.472. The summed E-state index contributed by atoms with van der Waals surface area (Å²) in [5.41, 5.74) is 10.9. The molecule has 5 nitrogen and oxygen atoms in total. The highest BCUT2D eigenvalue weighted by Crippen LogP contribution is 2.14. The molecule has 0 amide bonds. The highest BCUT2D eigenvalue weighted by molar-refractivity contribution is 7.98. The number of aromatic nitrogens is 2. The molecule has 0 unspecified atom stereocenters. The molecule has 1 aromatic rings. The van der Waals surface area contributed by atoms with Gasteiger partial charge in [-0.3, -0.25) is 0 Å². The highest BCUT2D eigenvalue weighted by atomic mass is 32.2. The fourth-order valence-corrected chi connectivity index (χ4v) is 1.21. The van der Waals surface area contributed by atoms with Gasteiger partial charge in [0.25, 0.3) is 0 Å². The second-order valence-corrected chi connectivity index (χ2v) is 3.15. The molecule has 13 heavy (non-hydrogen) atoms. The van der Waals surface area contributed by atoms with Gasteiger partial charge in [-0.15, -0.1) is 0 Å². The minimum absolute atomic E-state index is 0.471. The van der Waals surface area contributed by atoms with Gasteiger partial charge in [0, 0.05) is 19.2 Å². The summed E-state index contributed by atoms with van der Waals surface area (Å²) in [5, 5.41) is 3.71. The third-order valence-electron chi connectivity index (χ3n) is 1.36. The van der Waals surface area contributed by atoms with Crippen LogP contribution in [0.1, 0.15) is 0 Å². The lowest BCUT2D eigenvalue weighted by Gasteiger charge is -2.05. The first-order valence-corrected chi connectivity index (χ1v) is 5.11. The molecule has 1 heterocycles. The second-order valence-electron chi connectivity index (χ2n) is 2.38. The van der Waals surface area contributed by atoms with Crippen LogP contribution in [0.15, 0.2) is 11.2 Å². The van der Waals surface area contributed by atoms with E-state index >= 15 is 0 Å². The molecule has 0 aliphatic carbocycles. The zero-order valence-electron chi connectivity index (χ0n) is 7.45. The van der Waals surface area contributed by atoms with Crippen molar-refractivity contribution in [2.24, 2.45) is 5.73 Å². The predicted molar refractivity (Wildman–Crippen MR) is 55.8 cm³/mol. The lowest BCUT2D eigenvalue weighted by atomic mass is 10.5. The summed E-state index contributed by atoms with van der Waals surface area (Å²) in [7, 11) is 0. The number of anilines is 2. The van der Waals surface area contributed by atoms with E-state index in [9.17, 15) is 0 Å². The summed E-state index contributed by atoms with van der Waals surface area (Å²) in [6.07, 6.45) is 1.90. The first-order valence-electron chi connectivity index (χ1n) is 3.88. The zero-order chi connectivity index (χ0) is 9.68. The summed E-state index contributed by atoms with van der Waals surface area (Å²) in [6.45, 7) is 1.25. The lowest BCUT2D eigenvalue weighted by Crippen LogP contribution is -2.14. The van der Waals surface area contributed by atoms with Crippen molar-refractivity contribution >= 4 is 23.4 Å². The van der Waals surface area contributed by atoms with E-state index in [4.69, 9.17) is 11.5 Å². The Morgan fingerprint density at radius 3 is 2.92 bits per heavy atom. The molecule has 0 aromatic carbocycles. The van der Waals surface area contributed by atoms with E-state index in [1.54, 1.807) is 6.07 Å². The second kappa shape index (κ2) is 4.88. The van der Waals surface area contributed by atoms with Crippen LogP contribution in [-0.2, 0) is 0 Å². The van der Waals surface area contributed by atoms with Crippen molar-refractivity contribution in [3.63, 3.8) is 0 Å². The van der Waals surface area contributed by atoms with E-state index in [0.29, 0.717) is 24.1 Å². The third-order valence-corrected chi connectivity index (χ3v) is 1.91. The van der Waals surface area contributed by atoms with E-state index in [1.165, 1.54) is 11.8 Å². The number of nitrogens with zero attached hydrogens (tertiary/aromatic N) is 2. The molecule has 0 aliphatic rings. The number of thioether (sulfide) groups is 1. The van der Waals surface area contributed by atoms with Gasteiger partial charge >= 0.3 is 0 Å². The van der Waals surface area contributed by atoms with Crippen molar-refractivity contribution in [1.82, 2.24) is 9.97 Å². The molecule has 0 bridgehead atoms. The zero-order valence-corrected chi connectivity index (χ0v) is 8.27. The van der Waals surface area contributed by atoms with Crippen molar-refractivity contribution in [2.45, 2.75) is 5.16 Å². The largest absolute Gasteiger partial charge is 0.383 e. The smallest absolute Gasteiger partial charge is 0.191 e. The Kier molecular flexibility index (Phi) is 3.78. The molecule has 0 atom stereocenters. The van der Waals surface area contributed by atoms with Gasteiger partial charge in [-0.05, 0) is 6.26 Å². The number of nitrogens with two attached hydrogens (primary N) is 2. The Balaban J connectivity index is 2.76. The molecule has 0 saturated carbocycles. The summed E-state index contributed by atoms with van der Waals surface area (Å²) >= 11 is 1.46. The van der Waals surface area contributed by atoms with Crippen LogP contribution >= 0.6 is 11.8 Å². The Bertz CT molecular complexity index is 278. The lowest BCUT2D eigenvalue weighted by molar-refractivity contribution is 0.949. The van der Waals surface area contributed by atoms with Gasteiger partial charge < -0.3 is 16.8 Å². The van der Waals surface area contributed by atoms with E-state index in [1.807, 2.05) is 6.26 Å². The molecular weight excluding hydrogens is 186 g/mol. The topological polar surface area (TPSA) is 89.8 Å². The van der Waals surface area contributed by atoms with E-state index in [2.05, 4.69) is 15.3 Å². The SMILES string of the molecule is CSc1nc(N)cc(NCCN)n1. The van der Waals surface area contributed by atoms with Crippen LogP contribution in [0.25, 0.3) is 0 Å². The molecule has 5 N–H and O–H groups in total. The number of rotatable bonds is 4. The van der Waals surface area contributed by atoms with Crippen molar-refractivity contribution in [1.29, 1.82) is 0 Å². The number of nitrogen functional groups attached to an aromatic ring is 1. The monoisotopic (exact) mass is 199 g/mol. The fraction of sp³-hybridized carbons (Fsp3) is 0.429. The summed E-state index contributed by atoms with van der Waals surface area (Å²) in [5.74, 6) is 1.20. The van der Waals surface area contributed by atoms with Crippen LogP contribution in [0.2, 0.25) is 0 Å². The first-order chi connectivity index (χ1) is 6.26. The Morgan fingerprint density at radius 2 is 2.31 bits per heavy atom. The summed E-state index contributed by atoms with van der Waals surface area (Å²) in [4.78, 5) is 8.21. The summed E-state index contributed by atoms with van der Waals surface area (Å²) < 4.78 is 0. The minimum Gasteiger partial charge on any atom is -0.383 e. The average Bonchev–Trinajstić information content (AvgIpc) is 2.14. The van der Waals surface area contributed by atoms with E-state index in [-0.39, 0.29) is 0 Å². The van der Waals surface area contributed by atoms with Gasteiger partial charge in [0.1, 0.15) is 11.6 Å². The maximum Gasteiger partial charge on any atom is 0.191 e. The van der Waals surface area contributed by atoms with Gasteiger partial charge in [0.05, 0.1) is 0 Å². The molecule has 6 heteroatoms. The van der Waals surface area contributed by atoms with Gasteiger partial charge in [-0.25, -0.2) is 9.97 Å². The summed E-state index contributed by atoms with van der Waals surface area (Å²) in [6, 6.07) is 1.69. The average molecular weight is 199 g/mol. The van der Waals surface area contributed by atoms with Crippen LogP contribution < -0.4 is 16.8 Å². The number of nitrogens with one attached hydrogen (secondary N) is 1. The Hall–Kier alpha value is -1.01. The maximum atomic E-state index is 5.57. The van der Waals surface area contributed by atoms with Gasteiger partial charge in [0.15, 0.2) is 5.16 Å². The van der Waals surface area contributed by atoms with Crippen molar-refractivity contribution < 1.29 is 0 Å². The van der Waals surface area contributed by atoms with Crippen LogP contribution in [0.3, 0.4) is 0 Å².